The molecule has 3 aromatic carbocycles. The van der Waals surface area contributed by atoms with Gasteiger partial charge in [-0.25, -0.2) is 4.79 Å². The Morgan fingerprint density at radius 2 is 1.61 bits per heavy atom. The summed E-state index contributed by atoms with van der Waals surface area (Å²) in [5.74, 6) is -3.04. The number of carbonyl (C=O) groups is 3. The molecule has 0 aromatic heterocycles. The fraction of sp³-hybridized carbons (Fsp3) is 0.0741. The lowest BCUT2D eigenvalue weighted by atomic mass is 9.95. The van der Waals surface area contributed by atoms with Crippen LogP contribution in [0.4, 0.5) is 5.69 Å². The van der Waals surface area contributed by atoms with Gasteiger partial charge < -0.3 is 14.9 Å². The van der Waals surface area contributed by atoms with Gasteiger partial charge in [0.25, 0.3) is 11.7 Å². The summed E-state index contributed by atoms with van der Waals surface area (Å²) in [5.41, 5.74) is 0.967. The van der Waals surface area contributed by atoms with E-state index in [1.54, 1.807) is 60.7 Å². The zero-order valence-electron chi connectivity index (χ0n) is 18.6. The van der Waals surface area contributed by atoms with Crippen LogP contribution in [0.1, 0.15) is 17.2 Å². The van der Waals surface area contributed by atoms with Crippen molar-refractivity contribution in [3.8, 4) is 5.75 Å². The van der Waals surface area contributed by atoms with Gasteiger partial charge in [-0.1, -0.05) is 65.7 Å². The summed E-state index contributed by atoms with van der Waals surface area (Å²) >= 11 is 12.3. The second-order valence-corrected chi connectivity index (χ2v) is 8.62. The van der Waals surface area contributed by atoms with Crippen LogP contribution in [0.2, 0.25) is 10.0 Å². The minimum absolute atomic E-state index is 0.106. The number of benzene rings is 3. The van der Waals surface area contributed by atoms with Gasteiger partial charge in [-0.05, 0) is 42.0 Å². The first-order valence-electron chi connectivity index (χ1n) is 10.7. The smallest absolute Gasteiger partial charge is 0.328 e. The standard InChI is InChI=1S/C27H19Cl2NO6/c28-18-10-8-16(9-11-18)24-23(25(33)17-5-2-1-3-6-17)26(34)27(35)30(24)20-15-19(29)12-13-21(20)36-14-4-7-22(31)32/h1-13,15,24,33H,14H2,(H,31,32)/b7-4+,25-23?. The van der Waals surface area contributed by atoms with Crippen LogP contribution in [-0.2, 0) is 14.4 Å². The van der Waals surface area contributed by atoms with Crippen LogP contribution >= 0.6 is 23.2 Å². The fourth-order valence-corrected chi connectivity index (χ4v) is 4.17. The average Bonchev–Trinajstić information content (AvgIpc) is 3.13. The number of anilines is 1. The highest BCUT2D eigenvalue weighted by atomic mass is 35.5. The Bertz CT molecular complexity index is 1380. The van der Waals surface area contributed by atoms with E-state index >= 15 is 0 Å². The second kappa shape index (κ2) is 10.7. The molecule has 182 valence electrons. The molecule has 0 spiro atoms. The third-order valence-electron chi connectivity index (χ3n) is 5.45. The van der Waals surface area contributed by atoms with E-state index in [0.29, 0.717) is 16.1 Å². The Labute approximate surface area is 216 Å². The number of rotatable bonds is 7. The van der Waals surface area contributed by atoms with E-state index in [4.69, 9.17) is 33.0 Å². The monoisotopic (exact) mass is 523 g/mol. The molecule has 36 heavy (non-hydrogen) atoms. The Balaban J connectivity index is 1.89. The van der Waals surface area contributed by atoms with Crippen molar-refractivity contribution in [2.75, 3.05) is 11.5 Å². The zero-order valence-corrected chi connectivity index (χ0v) is 20.1. The fourth-order valence-electron chi connectivity index (χ4n) is 3.88. The van der Waals surface area contributed by atoms with Gasteiger partial charge in [-0.3, -0.25) is 14.5 Å². The summed E-state index contributed by atoms with van der Waals surface area (Å²) in [6.45, 7) is -0.111. The lowest BCUT2D eigenvalue weighted by Gasteiger charge is -2.27. The quantitative estimate of drug-likeness (QED) is 0.236. The summed E-state index contributed by atoms with van der Waals surface area (Å²) < 4.78 is 5.71. The van der Waals surface area contributed by atoms with Gasteiger partial charge in [0.05, 0.1) is 17.3 Å². The zero-order chi connectivity index (χ0) is 25.8. The number of ether oxygens (including phenoxy) is 1. The van der Waals surface area contributed by atoms with Crippen molar-refractivity contribution in [2.24, 2.45) is 0 Å². The lowest BCUT2D eigenvalue weighted by Crippen LogP contribution is -2.30. The summed E-state index contributed by atoms with van der Waals surface area (Å²) in [5, 5.41) is 20.7. The number of Topliss-reactive ketones (excluding diaryl/α,β-unsaturated/α-hetero) is 1. The van der Waals surface area contributed by atoms with E-state index in [9.17, 15) is 19.5 Å². The number of hydrogen-bond donors (Lipinski definition) is 2. The van der Waals surface area contributed by atoms with Gasteiger partial charge >= 0.3 is 5.97 Å². The number of aliphatic hydroxyl groups is 1. The molecule has 1 unspecified atom stereocenters. The van der Waals surface area contributed by atoms with Gasteiger partial charge in [0.15, 0.2) is 0 Å². The number of nitrogens with zero attached hydrogens (tertiary/aromatic N) is 1. The summed E-state index contributed by atoms with van der Waals surface area (Å²) in [7, 11) is 0. The van der Waals surface area contributed by atoms with Gasteiger partial charge in [0, 0.05) is 21.7 Å². The highest BCUT2D eigenvalue weighted by Crippen LogP contribution is 2.45. The summed E-state index contributed by atoms with van der Waals surface area (Å²) in [6.07, 6.45) is 2.22. The molecule has 4 rings (SSSR count). The van der Waals surface area contributed by atoms with Crippen LogP contribution in [0.15, 0.2) is 90.5 Å². The molecular formula is C27H19Cl2NO6. The average molecular weight is 524 g/mol. The predicted molar refractivity (Wildman–Crippen MR) is 136 cm³/mol. The van der Waals surface area contributed by atoms with Crippen LogP contribution in [0, 0.1) is 0 Å². The Kier molecular flexibility index (Phi) is 7.43. The molecule has 1 fully saturated rings. The van der Waals surface area contributed by atoms with Crippen LogP contribution in [0.3, 0.4) is 0 Å². The number of aliphatic carboxylic acids is 1. The molecule has 1 aliphatic heterocycles. The number of carboxylic acids is 1. The molecule has 1 atom stereocenters. The van der Waals surface area contributed by atoms with E-state index < -0.39 is 23.7 Å². The molecule has 1 amide bonds. The molecular weight excluding hydrogens is 505 g/mol. The van der Waals surface area contributed by atoms with E-state index in [1.165, 1.54) is 23.1 Å². The third kappa shape index (κ3) is 5.12. The topological polar surface area (TPSA) is 104 Å². The minimum Gasteiger partial charge on any atom is -0.507 e. The van der Waals surface area contributed by atoms with Crippen LogP contribution < -0.4 is 9.64 Å². The van der Waals surface area contributed by atoms with Crippen LogP contribution in [0.25, 0.3) is 5.76 Å². The summed E-state index contributed by atoms with van der Waals surface area (Å²) in [6, 6.07) is 18.5. The van der Waals surface area contributed by atoms with Crippen molar-refractivity contribution in [1.29, 1.82) is 0 Å². The molecule has 0 bridgehead atoms. The molecule has 0 radical (unpaired) electrons. The number of halogens is 2. The number of aliphatic hydroxyl groups excluding tert-OH is 1. The molecule has 2 N–H and O–H groups in total. The maximum Gasteiger partial charge on any atom is 0.328 e. The SMILES string of the molecule is O=C(O)/C=C/COc1ccc(Cl)cc1N1C(=O)C(=O)C(=C(O)c2ccccc2)C1c1ccc(Cl)cc1. The molecule has 0 saturated carbocycles. The maximum absolute atomic E-state index is 13.4. The molecule has 0 aliphatic carbocycles. The van der Waals surface area contributed by atoms with Gasteiger partial charge in [0.2, 0.25) is 0 Å². The molecule has 7 nitrogen and oxygen atoms in total. The molecule has 1 aliphatic rings. The number of carbonyl (C=O) groups excluding carboxylic acids is 2. The molecule has 9 heteroatoms. The van der Waals surface area contributed by atoms with E-state index in [-0.39, 0.29) is 34.4 Å². The number of carboxylic acid groups (broad SMARTS) is 1. The van der Waals surface area contributed by atoms with E-state index in [1.807, 2.05) is 0 Å². The lowest BCUT2D eigenvalue weighted by molar-refractivity contribution is -0.132. The minimum atomic E-state index is -1.13. The highest BCUT2D eigenvalue weighted by Gasteiger charge is 2.47. The molecule has 3 aromatic rings. The van der Waals surface area contributed by atoms with Crippen molar-refractivity contribution in [3.63, 3.8) is 0 Å². The van der Waals surface area contributed by atoms with Crippen molar-refractivity contribution < 1.29 is 29.3 Å². The van der Waals surface area contributed by atoms with Crippen molar-refractivity contribution in [2.45, 2.75) is 6.04 Å². The second-order valence-electron chi connectivity index (χ2n) is 7.75. The van der Waals surface area contributed by atoms with Gasteiger partial charge in [0.1, 0.15) is 18.1 Å². The Morgan fingerprint density at radius 3 is 2.28 bits per heavy atom. The number of amides is 1. The third-order valence-corrected chi connectivity index (χ3v) is 5.94. The maximum atomic E-state index is 13.4. The van der Waals surface area contributed by atoms with Crippen molar-refractivity contribution >= 4 is 52.3 Å². The highest BCUT2D eigenvalue weighted by molar-refractivity contribution is 6.52. The number of ketones is 1. The van der Waals surface area contributed by atoms with Crippen LogP contribution in [0.5, 0.6) is 5.75 Å². The largest absolute Gasteiger partial charge is 0.507 e. The first-order valence-corrected chi connectivity index (χ1v) is 11.5. The van der Waals surface area contributed by atoms with Gasteiger partial charge in [-0.2, -0.15) is 0 Å². The number of hydrogen-bond acceptors (Lipinski definition) is 5. The molecule has 1 saturated heterocycles. The first kappa shape index (κ1) is 25.0. The first-order chi connectivity index (χ1) is 17.3. The van der Waals surface area contributed by atoms with Crippen molar-refractivity contribution in [3.05, 3.63) is 112 Å². The molecule has 1 heterocycles. The Morgan fingerprint density at radius 1 is 0.944 bits per heavy atom. The van der Waals surface area contributed by atoms with E-state index in [0.717, 1.165) is 6.08 Å². The van der Waals surface area contributed by atoms with Gasteiger partial charge in [-0.15, -0.1) is 0 Å². The van der Waals surface area contributed by atoms with Crippen LogP contribution in [-0.4, -0.2) is 34.5 Å². The Hall–Kier alpha value is -4.07. The van der Waals surface area contributed by atoms with E-state index in [2.05, 4.69) is 0 Å². The van der Waals surface area contributed by atoms with Crippen molar-refractivity contribution in [1.82, 2.24) is 0 Å². The normalized spacial score (nSPS) is 17.1. The summed E-state index contributed by atoms with van der Waals surface area (Å²) in [4.78, 5) is 38.7. The predicted octanol–water partition coefficient (Wildman–Crippen LogP) is 5.64.